The van der Waals surface area contributed by atoms with Crippen LogP contribution in [-0.4, -0.2) is 80.9 Å². The summed E-state index contributed by atoms with van der Waals surface area (Å²) in [6.07, 6.45) is 5.55. The van der Waals surface area contributed by atoms with Crippen molar-refractivity contribution >= 4 is 29.2 Å². The number of carbonyl (C=O) groups excluding carboxylic acids is 2. The van der Waals surface area contributed by atoms with E-state index in [2.05, 4.69) is 35.3 Å². The Labute approximate surface area is 236 Å². The Morgan fingerprint density at radius 2 is 2.08 bits per heavy atom. The zero-order chi connectivity index (χ0) is 28.2. The van der Waals surface area contributed by atoms with Crippen LogP contribution >= 0.6 is 11.6 Å². The summed E-state index contributed by atoms with van der Waals surface area (Å²) < 4.78 is 21.3. The molecule has 2 fully saturated rings. The molecule has 0 aliphatic carbocycles. The molecule has 5 heterocycles. The monoisotopic (exact) mass is 564 g/mol. The van der Waals surface area contributed by atoms with Crippen molar-refractivity contribution in [3.8, 4) is 17.0 Å². The van der Waals surface area contributed by atoms with Crippen molar-refractivity contribution in [1.29, 1.82) is 0 Å². The number of benzene rings is 1. The molecule has 3 aromatic rings. The van der Waals surface area contributed by atoms with Crippen LogP contribution in [0.1, 0.15) is 42.4 Å². The van der Waals surface area contributed by atoms with Gasteiger partial charge < -0.3 is 24.4 Å². The summed E-state index contributed by atoms with van der Waals surface area (Å²) in [5.74, 6) is 0.556. The van der Waals surface area contributed by atoms with Crippen molar-refractivity contribution in [3.05, 3.63) is 71.5 Å². The Morgan fingerprint density at radius 3 is 2.80 bits per heavy atom. The fourth-order valence-electron chi connectivity index (χ4n) is 6.11. The number of anilines is 1. The van der Waals surface area contributed by atoms with E-state index in [9.17, 15) is 9.59 Å². The maximum Gasteiger partial charge on any atom is 0.261 e. The smallest absolute Gasteiger partial charge is 0.261 e. The molecule has 0 spiro atoms. The number of ether oxygens (including phenoxy) is 1. The number of aromatic amines is 1. The number of pyridine rings is 1. The molecule has 3 aliphatic heterocycles. The molecule has 2 saturated heterocycles. The largest absolute Gasteiger partial charge is 0.489 e. The lowest BCUT2D eigenvalue weighted by molar-refractivity contribution is -0.128. The SMILES string of the molecule is C=CC(=O)N1CCN2C(=O)c3c(N4CC(c5ncc[nH]5)CC4(C)C)nc(-c4ccccc4F)c(Cl)c3OC[C@H]2C1. The number of hydrogen-bond donors (Lipinski definition) is 1. The summed E-state index contributed by atoms with van der Waals surface area (Å²) in [6, 6.07) is 5.89. The van der Waals surface area contributed by atoms with E-state index in [1.54, 1.807) is 40.4 Å². The summed E-state index contributed by atoms with van der Waals surface area (Å²) in [7, 11) is 0. The van der Waals surface area contributed by atoms with Crippen LogP contribution in [0, 0.1) is 5.82 Å². The minimum absolute atomic E-state index is 0.0676. The van der Waals surface area contributed by atoms with Gasteiger partial charge in [-0.2, -0.15) is 0 Å². The third-order valence-corrected chi connectivity index (χ3v) is 8.46. The fourth-order valence-corrected chi connectivity index (χ4v) is 6.40. The lowest BCUT2D eigenvalue weighted by Gasteiger charge is -2.40. The van der Waals surface area contributed by atoms with Gasteiger partial charge in [-0.3, -0.25) is 9.59 Å². The van der Waals surface area contributed by atoms with Crippen LogP contribution in [0.15, 0.2) is 49.3 Å². The van der Waals surface area contributed by atoms with E-state index >= 15 is 4.39 Å². The van der Waals surface area contributed by atoms with Crippen molar-refractivity contribution in [3.63, 3.8) is 0 Å². The summed E-state index contributed by atoms with van der Waals surface area (Å²) in [5.41, 5.74) is 0.266. The first kappa shape index (κ1) is 26.3. The van der Waals surface area contributed by atoms with Crippen LogP contribution in [0.5, 0.6) is 5.75 Å². The average molecular weight is 565 g/mol. The van der Waals surface area contributed by atoms with Gasteiger partial charge in [0.2, 0.25) is 5.91 Å². The zero-order valence-electron chi connectivity index (χ0n) is 22.4. The summed E-state index contributed by atoms with van der Waals surface area (Å²) in [6.45, 7) is 9.44. The van der Waals surface area contributed by atoms with Gasteiger partial charge in [-0.15, -0.1) is 0 Å². The number of H-pyrrole nitrogens is 1. The molecule has 40 heavy (non-hydrogen) atoms. The highest BCUT2D eigenvalue weighted by Gasteiger charge is 2.46. The van der Waals surface area contributed by atoms with E-state index in [1.165, 1.54) is 12.1 Å². The van der Waals surface area contributed by atoms with Gasteiger partial charge in [-0.1, -0.05) is 30.3 Å². The first-order valence-electron chi connectivity index (χ1n) is 13.3. The highest BCUT2D eigenvalue weighted by Crippen LogP contribution is 2.48. The van der Waals surface area contributed by atoms with Crippen LogP contribution in [0.3, 0.4) is 0 Å². The van der Waals surface area contributed by atoms with Gasteiger partial charge in [-0.05, 0) is 38.5 Å². The number of amides is 2. The molecule has 6 rings (SSSR count). The maximum absolute atomic E-state index is 15.1. The van der Waals surface area contributed by atoms with Crippen molar-refractivity contribution in [2.75, 3.05) is 37.7 Å². The van der Waals surface area contributed by atoms with Gasteiger partial charge in [0.1, 0.15) is 34.7 Å². The number of piperazine rings is 1. The van der Waals surface area contributed by atoms with Gasteiger partial charge in [0.25, 0.3) is 5.91 Å². The first-order valence-corrected chi connectivity index (χ1v) is 13.7. The highest BCUT2D eigenvalue weighted by atomic mass is 35.5. The number of halogens is 2. The average Bonchev–Trinajstić information content (AvgIpc) is 3.56. The molecule has 1 aromatic carbocycles. The molecule has 0 bridgehead atoms. The van der Waals surface area contributed by atoms with Crippen molar-refractivity contribution in [1.82, 2.24) is 24.8 Å². The summed E-state index contributed by atoms with van der Waals surface area (Å²) >= 11 is 6.89. The number of nitrogens with zero attached hydrogens (tertiary/aromatic N) is 5. The van der Waals surface area contributed by atoms with E-state index in [1.807, 2.05) is 0 Å². The molecule has 208 valence electrons. The lowest BCUT2D eigenvalue weighted by atomic mass is 9.95. The van der Waals surface area contributed by atoms with E-state index in [0.717, 1.165) is 12.2 Å². The van der Waals surface area contributed by atoms with E-state index < -0.39 is 11.4 Å². The normalized spacial score (nSPS) is 21.9. The van der Waals surface area contributed by atoms with Gasteiger partial charge in [0.15, 0.2) is 5.75 Å². The number of imidazole rings is 1. The Kier molecular flexibility index (Phi) is 6.53. The number of nitrogens with one attached hydrogen (secondary N) is 1. The minimum atomic E-state index is -0.479. The van der Waals surface area contributed by atoms with Crippen LogP contribution in [0.4, 0.5) is 10.2 Å². The molecule has 2 aromatic heterocycles. The topological polar surface area (TPSA) is 94.7 Å². The third kappa shape index (κ3) is 4.30. The van der Waals surface area contributed by atoms with Gasteiger partial charge in [0, 0.05) is 55.6 Å². The van der Waals surface area contributed by atoms with Gasteiger partial charge in [-0.25, -0.2) is 14.4 Å². The molecular formula is C29H30ClFN6O3. The number of fused-ring (bicyclic) bond motifs is 2. The molecule has 2 amide bonds. The van der Waals surface area contributed by atoms with Crippen molar-refractivity contribution in [2.45, 2.75) is 37.8 Å². The first-order chi connectivity index (χ1) is 19.2. The minimum Gasteiger partial charge on any atom is -0.489 e. The zero-order valence-corrected chi connectivity index (χ0v) is 23.1. The summed E-state index contributed by atoms with van der Waals surface area (Å²) in [5, 5.41) is 0.0793. The standard InChI is InChI=1S/C29H30ClFN6O3/c1-4-21(38)35-11-12-36-18(15-35)16-40-25-22(28(36)39)27(34-24(23(25)30)19-7-5-6-8-20(19)31)37-14-17(13-29(37,2)3)26-32-9-10-33-26/h4-10,17-18H,1,11-16H2,2-3H3,(H,32,33)/t17?,18-/m1/s1. The Balaban J connectivity index is 1.50. The predicted molar refractivity (Wildman–Crippen MR) is 149 cm³/mol. The van der Waals surface area contributed by atoms with Gasteiger partial charge >= 0.3 is 0 Å². The van der Waals surface area contributed by atoms with Crippen molar-refractivity contribution in [2.24, 2.45) is 0 Å². The molecule has 9 nitrogen and oxygen atoms in total. The fraction of sp³-hybridized carbons (Fsp3) is 0.379. The lowest BCUT2D eigenvalue weighted by Crippen LogP contribution is -2.57. The molecule has 1 unspecified atom stereocenters. The predicted octanol–water partition coefficient (Wildman–Crippen LogP) is 4.27. The van der Waals surface area contributed by atoms with Gasteiger partial charge in [0.05, 0.1) is 11.7 Å². The Hall–Kier alpha value is -3.92. The van der Waals surface area contributed by atoms with Crippen LogP contribution in [0.2, 0.25) is 5.02 Å². The molecule has 11 heteroatoms. The van der Waals surface area contributed by atoms with Crippen molar-refractivity contribution < 1.29 is 18.7 Å². The number of carbonyl (C=O) groups is 2. The Morgan fingerprint density at radius 1 is 1.27 bits per heavy atom. The highest BCUT2D eigenvalue weighted by molar-refractivity contribution is 6.35. The van der Waals surface area contributed by atoms with Crippen LogP contribution in [0.25, 0.3) is 11.3 Å². The second-order valence-corrected chi connectivity index (χ2v) is 11.4. The molecule has 0 radical (unpaired) electrons. The molecule has 2 atom stereocenters. The maximum atomic E-state index is 15.1. The second kappa shape index (κ2) is 9.92. The quantitative estimate of drug-likeness (QED) is 0.476. The van der Waals surface area contributed by atoms with Crippen LogP contribution in [-0.2, 0) is 4.79 Å². The molecule has 1 N–H and O–H groups in total. The van der Waals surface area contributed by atoms with Crippen LogP contribution < -0.4 is 9.64 Å². The van der Waals surface area contributed by atoms with E-state index in [4.69, 9.17) is 21.3 Å². The third-order valence-electron chi connectivity index (χ3n) is 8.11. The molecule has 0 saturated carbocycles. The number of hydrogen-bond acceptors (Lipinski definition) is 6. The number of rotatable bonds is 4. The van der Waals surface area contributed by atoms with E-state index in [0.29, 0.717) is 32.0 Å². The second-order valence-electron chi connectivity index (χ2n) is 11.0. The molecule has 3 aliphatic rings. The molecular weight excluding hydrogens is 535 g/mol. The number of aromatic nitrogens is 3. The Bertz CT molecular complexity index is 1490. The van der Waals surface area contributed by atoms with E-state index in [-0.39, 0.29) is 58.0 Å². The summed E-state index contributed by atoms with van der Waals surface area (Å²) in [4.78, 5) is 44.7.